The van der Waals surface area contributed by atoms with Gasteiger partial charge in [0.2, 0.25) is 0 Å². The Morgan fingerprint density at radius 1 is 0.720 bits per heavy atom. The molecule has 0 aromatic heterocycles. The van der Waals surface area contributed by atoms with Gasteiger partial charge in [0.15, 0.2) is 0 Å². The van der Waals surface area contributed by atoms with E-state index < -0.39 is 43.0 Å². The SMILES string of the molecule is CCCCC(CC)COCC(O)CN(CCNCCNCCN)CCN(CC(O)COCCC[Si](O)(O)O)CC(O)COCCCS(=O)(=O)O. The molecule has 4 atom stereocenters. The Morgan fingerprint density at radius 2 is 1.26 bits per heavy atom. The molecule has 0 aliphatic rings. The topological polar surface area (TPSA) is 260 Å². The maximum absolute atomic E-state index is 10.9. The van der Waals surface area contributed by atoms with Crippen LogP contribution in [-0.2, 0) is 24.3 Å². The zero-order valence-electron chi connectivity index (χ0n) is 30.5. The summed E-state index contributed by atoms with van der Waals surface area (Å²) in [7, 11) is -8.25. The lowest BCUT2D eigenvalue weighted by molar-refractivity contribution is -0.0162. The van der Waals surface area contributed by atoms with Gasteiger partial charge in [0, 0.05) is 97.9 Å². The Morgan fingerprint density at radius 3 is 1.80 bits per heavy atom. The third-order valence-corrected chi connectivity index (χ3v) is 9.69. The van der Waals surface area contributed by atoms with Crippen molar-refractivity contribution in [2.24, 2.45) is 11.7 Å². The Bertz CT molecular complexity index is 881. The summed E-state index contributed by atoms with van der Waals surface area (Å²) in [5, 5.41) is 38.9. The number of aliphatic hydroxyl groups is 3. The highest BCUT2D eigenvalue weighted by Gasteiger charge is 2.25. The van der Waals surface area contributed by atoms with E-state index in [1.807, 2.05) is 4.90 Å². The second kappa shape index (κ2) is 31.0. The summed E-state index contributed by atoms with van der Waals surface area (Å²) in [6, 6.07) is -0.171. The number of ether oxygens (including phenoxy) is 3. The molecule has 11 N–H and O–H groups in total. The number of hydrogen-bond acceptors (Lipinski definition) is 16. The molecular formula is C31H71N5O12SSi. The van der Waals surface area contributed by atoms with Crippen LogP contribution in [0, 0.1) is 5.92 Å². The summed E-state index contributed by atoms with van der Waals surface area (Å²) in [4.78, 5) is 31.4. The number of aliphatic hydroxyl groups excluding tert-OH is 3. The minimum Gasteiger partial charge on any atom is -0.390 e. The van der Waals surface area contributed by atoms with Crippen LogP contribution in [-0.4, -0.2) is 197 Å². The van der Waals surface area contributed by atoms with Crippen molar-refractivity contribution in [3.05, 3.63) is 0 Å². The molecule has 50 heavy (non-hydrogen) atoms. The molecule has 0 rings (SSSR count). The van der Waals surface area contributed by atoms with E-state index in [4.69, 9.17) is 38.9 Å². The summed E-state index contributed by atoms with van der Waals surface area (Å²) in [6.07, 6.45) is 2.10. The first-order valence-corrected chi connectivity index (χ1v) is 21.8. The molecule has 0 spiro atoms. The summed E-state index contributed by atoms with van der Waals surface area (Å²) in [5.41, 5.74) is 5.53. The number of unbranched alkanes of at least 4 members (excludes halogenated alkanes) is 1. The molecule has 17 nitrogen and oxygen atoms in total. The van der Waals surface area contributed by atoms with Crippen LogP contribution in [0.5, 0.6) is 0 Å². The fourth-order valence-electron chi connectivity index (χ4n) is 5.11. The van der Waals surface area contributed by atoms with Gasteiger partial charge in [-0.2, -0.15) is 8.42 Å². The number of rotatable bonds is 37. The van der Waals surface area contributed by atoms with Gasteiger partial charge in [0.05, 0.1) is 43.9 Å². The van der Waals surface area contributed by atoms with Gasteiger partial charge in [-0.3, -0.25) is 14.4 Å². The van der Waals surface area contributed by atoms with Crippen molar-refractivity contribution in [1.29, 1.82) is 0 Å². The lowest BCUT2D eigenvalue weighted by Crippen LogP contribution is -2.47. The van der Waals surface area contributed by atoms with E-state index in [-0.39, 0.29) is 65.0 Å². The second-order valence-corrected chi connectivity index (χ2v) is 16.6. The zero-order valence-corrected chi connectivity index (χ0v) is 32.4. The fraction of sp³-hybridized carbons (Fsp3) is 1.00. The summed E-state index contributed by atoms with van der Waals surface area (Å²) < 4.78 is 47.5. The Kier molecular flexibility index (Phi) is 30.7. The highest BCUT2D eigenvalue weighted by Crippen LogP contribution is 2.13. The van der Waals surface area contributed by atoms with Gasteiger partial charge < -0.3 is 60.3 Å². The predicted octanol–water partition coefficient (Wildman–Crippen LogP) is -2.34. The molecule has 0 amide bonds. The van der Waals surface area contributed by atoms with Crippen LogP contribution in [0.4, 0.5) is 0 Å². The molecule has 0 saturated carbocycles. The van der Waals surface area contributed by atoms with Crippen molar-refractivity contribution in [1.82, 2.24) is 20.4 Å². The molecule has 0 aliphatic heterocycles. The zero-order chi connectivity index (χ0) is 37.7. The molecule has 302 valence electrons. The van der Waals surface area contributed by atoms with Crippen LogP contribution < -0.4 is 16.4 Å². The number of nitrogens with one attached hydrogen (secondary N) is 2. The van der Waals surface area contributed by atoms with Crippen molar-refractivity contribution in [2.45, 2.75) is 76.7 Å². The molecule has 0 aromatic carbocycles. The van der Waals surface area contributed by atoms with Crippen LogP contribution in [0.15, 0.2) is 0 Å². The number of hydrogen-bond donors (Lipinski definition) is 10. The maximum atomic E-state index is 10.9. The first-order valence-electron chi connectivity index (χ1n) is 18.1. The molecule has 0 radical (unpaired) electrons. The van der Waals surface area contributed by atoms with Crippen LogP contribution in [0.2, 0.25) is 6.04 Å². The lowest BCUT2D eigenvalue weighted by atomic mass is 10.0. The third kappa shape index (κ3) is 33.4. The monoisotopic (exact) mass is 765 g/mol. The van der Waals surface area contributed by atoms with Gasteiger partial charge in [-0.1, -0.05) is 33.1 Å². The standard InChI is InChI=1S/C31H71N5O12SSi/c1-3-5-8-28(4-2)24-48-27-29(37)21-35(14-13-34-12-11-33-10-9-32)15-16-36(22-30(38)25-46-17-6-19-49(40,41)42)23-31(39)26-47-18-7-20-50(43,44)45/h28-31,33-34,37-39,43-45H,3-27,32H2,1-2H3,(H,40,41,42). The minimum absolute atomic E-state index is 0.0348. The predicted molar refractivity (Wildman–Crippen MR) is 194 cm³/mol. The minimum atomic E-state index is -4.15. The van der Waals surface area contributed by atoms with E-state index in [0.29, 0.717) is 51.8 Å². The first-order chi connectivity index (χ1) is 23.7. The summed E-state index contributed by atoms with van der Waals surface area (Å²) >= 11 is 0. The molecule has 0 aromatic rings. The molecule has 0 aliphatic carbocycles. The Balaban J connectivity index is 5.28. The average molecular weight is 766 g/mol. The Hall–Kier alpha value is -0.433. The fourth-order valence-corrected chi connectivity index (χ4v) is 6.22. The van der Waals surface area contributed by atoms with Crippen LogP contribution >= 0.6 is 0 Å². The van der Waals surface area contributed by atoms with E-state index in [1.165, 1.54) is 0 Å². The second-order valence-electron chi connectivity index (χ2n) is 12.9. The molecule has 0 heterocycles. The smallest absolute Gasteiger partial charge is 0.390 e. The van der Waals surface area contributed by atoms with E-state index in [0.717, 1.165) is 45.3 Å². The Labute approximate surface area is 301 Å². The van der Waals surface area contributed by atoms with Crippen molar-refractivity contribution in [3.8, 4) is 0 Å². The van der Waals surface area contributed by atoms with Crippen molar-refractivity contribution < 1.29 is 56.9 Å². The van der Waals surface area contributed by atoms with Crippen LogP contribution in [0.1, 0.15) is 52.4 Å². The number of nitrogens with zero attached hydrogens (tertiary/aromatic N) is 2. The highest BCUT2D eigenvalue weighted by molar-refractivity contribution is 7.85. The van der Waals surface area contributed by atoms with Crippen LogP contribution in [0.25, 0.3) is 0 Å². The molecule has 4 unspecified atom stereocenters. The summed E-state index contributed by atoms with van der Waals surface area (Å²) in [5.74, 6) is 0.0236. The van der Waals surface area contributed by atoms with Gasteiger partial charge in [-0.05, 0) is 25.2 Å². The van der Waals surface area contributed by atoms with E-state index in [9.17, 15) is 23.7 Å². The number of nitrogens with two attached hydrogens (primary N) is 1. The van der Waals surface area contributed by atoms with Crippen molar-refractivity contribution in [2.75, 3.05) is 117 Å². The van der Waals surface area contributed by atoms with Gasteiger partial charge in [-0.15, -0.1) is 0 Å². The van der Waals surface area contributed by atoms with E-state index in [2.05, 4.69) is 29.4 Å². The van der Waals surface area contributed by atoms with Gasteiger partial charge in [0.25, 0.3) is 10.1 Å². The largest absolute Gasteiger partial charge is 0.492 e. The summed E-state index contributed by atoms with van der Waals surface area (Å²) in [6.45, 7) is 10.9. The average Bonchev–Trinajstić information content (AvgIpc) is 3.03. The third-order valence-electron chi connectivity index (χ3n) is 7.86. The molecule has 0 bridgehead atoms. The molecule has 0 fully saturated rings. The van der Waals surface area contributed by atoms with Gasteiger partial charge in [-0.25, -0.2) is 0 Å². The normalized spacial score (nSPS) is 15.2. The molecular weight excluding hydrogens is 695 g/mol. The highest BCUT2D eigenvalue weighted by atomic mass is 32.2. The van der Waals surface area contributed by atoms with Gasteiger partial charge in [0.1, 0.15) is 0 Å². The lowest BCUT2D eigenvalue weighted by Gasteiger charge is -2.31. The molecule has 19 heteroatoms. The molecule has 0 saturated heterocycles. The maximum Gasteiger partial charge on any atom is 0.492 e. The van der Waals surface area contributed by atoms with Crippen LogP contribution in [0.3, 0.4) is 0 Å². The van der Waals surface area contributed by atoms with Gasteiger partial charge >= 0.3 is 8.80 Å². The van der Waals surface area contributed by atoms with E-state index >= 15 is 0 Å². The first kappa shape index (κ1) is 49.6. The van der Waals surface area contributed by atoms with E-state index in [1.54, 1.807) is 0 Å². The van der Waals surface area contributed by atoms with Crippen molar-refractivity contribution >= 4 is 18.9 Å². The quantitative estimate of drug-likeness (QED) is 0.0181. The van der Waals surface area contributed by atoms with Crippen molar-refractivity contribution in [3.63, 3.8) is 0 Å².